The lowest BCUT2D eigenvalue weighted by molar-refractivity contribution is 0.474. The smallest absolute Gasteiger partial charge is 0.0823 e. The Hall–Kier alpha value is -1.36. The van der Waals surface area contributed by atoms with E-state index in [1.807, 2.05) is 12.1 Å². The Morgan fingerprint density at radius 2 is 1.67 bits per heavy atom. The Kier molecular flexibility index (Phi) is 3.01. The number of rotatable bonds is 1. The third-order valence-electron chi connectivity index (χ3n) is 3.40. The Morgan fingerprint density at radius 3 is 2.20 bits per heavy atom. The first-order valence-corrected chi connectivity index (χ1v) is 5.69. The summed E-state index contributed by atoms with van der Waals surface area (Å²) < 4.78 is 0. The topological polar surface area (TPSA) is 36.7 Å². The zero-order valence-corrected chi connectivity index (χ0v) is 8.95. The summed E-state index contributed by atoms with van der Waals surface area (Å²) in [4.78, 5) is 4.02. The fourth-order valence-corrected chi connectivity index (χ4v) is 2.47. The van der Waals surface area contributed by atoms with Crippen LogP contribution in [0.4, 0.5) is 0 Å². The van der Waals surface area contributed by atoms with Crippen LogP contribution in [0.2, 0.25) is 0 Å². The molecule has 0 spiro atoms. The lowest BCUT2D eigenvalue weighted by Gasteiger charge is -2.24. The number of hydrogen-bond acceptors (Lipinski definition) is 2. The van der Waals surface area contributed by atoms with Crippen molar-refractivity contribution >= 4 is 0 Å². The molecule has 0 amide bonds. The predicted molar refractivity (Wildman–Crippen MR) is 59.2 cm³/mol. The summed E-state index contributed by atoms with van der Waals surface area (Å²) in [5, 5.41) is 9.45. The normalized spacial score (nSPS) is 20.2. The van der Waals surface area contributed by atoms with Crippen molar-refractivity contribution in [1.29, 1.82) is 5.26 Å². The van der Waals surface area contributed by atoms with E-state index in [-0.39, 0.29) is 5.41 Å². The second kappa shape index (κ2) is 4.44. The molecular formula is C13H16N2. The average Bonchev–Trinajstić information content (AvgIpc) is 2.56. The molecule has 0 saturated heterocycles. The third kappa shape index (κ3) is 2.02. The van der Waals surface area contributed by atoms with Gasteiger partial charge in [-0.1, -0.05) is 25.7 Å². The molecule has 1 saturated carbocycles. The standard InChI is InChI=1S/C13H16N2/c14-11-13(7-3-1-2-4-8-13)12-5-9-15-10-6-12/h5-6,9-10H,1-4,7-8H2. The summed E-state index contributed by atoms with van der Waals surface area (Å²) in [5.74, 6) is 0. The molecule has 0 N–H and O–H groups in total. The number of nitrogens with zero attached hydrogens (tertiary/aromatic N) is 2. The van der Waals surface area contributed by atoms with Crippen LogP contribution in [0.5, 0.6) is 0 Å². The van der Waals surface area contributed by atoms with Gasteiger partial charge in [0.2, 0.25) is 0 Å². The maximum Gasteiger partial charge on any atom is 0.0823 e. The lowest BCUT2D eigenvalue weighted by Crippen LogP contribution is -2.23. The van der Waals surface area contributed by atoms with E-state index in [0.29, 0.717) is 0 Å². The van der Waals surface area contributed by atoms with Gasteiger partial charge in [0, 0.05) is 12.4 Å². The van der Waals surface area contributed by atoms with E-state index < -0.39 is 0 Å². The molecule has 0 bridgehead atoms. The minimum Gasteiger partial charge on any atom is -0.265 e. The molecule has 1 heterocycles. The fourth-order valence-electron chi connectivity index (χ4n) is 2.47. The molecule has 0 radical (unpaired) electrons. The largest absolute Gasteiger partial charge is 0.265 e. The number of pyridine rings is 1. The van der Waals surface area contributed by atoms with E-state index in [9.17, 15) is 5.26 Å². The molecule has 1 aromatic heterocycles. The Bertz CT molecular complexity index is 343. The van der Waals surface area contributed by atoms with Gasteiger partial charge in [-0.2, -0.15) is 5.26 Å². The van der Waals surface area contributed by atoms with Crippen LogP contribution in [0, 0.1) is 11.3 Å². The van der Waals surface area contributed by atoms with Crippen molar-refractivity contribution < 1.29 is 0 Å². The summed E-state index contributed by atoms with van der Waals surface area (Å²) >= 11 is 0. The van der Waals surface area contributed by atoms with Crippen LogP contribution in [0.25, 0.3) is 0 Å². The zero-order valence-electron chi connectivity index (χ0n) is 8.95. The van der Waals surface area contributed by atoms with Gasteiger partial charge in [0.1, 0.15) is 0 Å². The van der Waals surface area contributed by atoms with Crippen molar-refractivity contribution in [3.8, 4) is 6.07 Å². The van der Waals surface area contributed by atoms with Crippen LogP contribution in [0.3, 0.4) is 0 Å². The Balaban J connectivity index is 2.32. The first-order valence-electron chi connectivity index (χ1n) is 5.69. The molecule has 0 atom stereocenters. The van der Waals surface area contributed by atoms with Gasteiger partial charge < -0.3 is 0 Å². The minimum absolute atomic E-state index is 0.237. The number of aromatic nitrogens is 1. The molecular weight excluding hydrogens is 184 g/mol. The average molecular weight is 200 g/mol. The SMILES string of the molecule is N#CC1(c2ccncc2)CCCCCC1. The molecule has 78 valence electrons. The van der Waals surface area contributed by atoms with Crippen molar-refractivity contribution in [1.82, 2.24) is 4.98 Å². The Labute approximate surface area is 91.0 Å². The monoisotopic (exact) mass is 200 g/mol. The number of hydrogen-bond donors (Lipinski definition) is 0. The molecule has 1 aliphatic carbocycles. The highest BCUT2D eigenvalue weighted by atomic mass is 14.6. The molecule has 15 heavy (non-hydrogen) atoms. The first-order chi connectivity index (χ1) is 7.37. The second-order valence-corrected chi connectivity index (χ2v) is 4.34. The van der Waals surface area contributed by atoms with Gasteiger partial charge in [-0.3, -0.25) is 4.98 Å². The van der Waals surface area contributed by atoms with Gasteiger partial charge in [-0.15, -0.1) is 0 Å². The fraction of sp³-hybridized carbons (Fsp3) is 0.538. The van der Waals surface area contributed by atoms with Crippen molar-refractivity contribution in [3.05, 3.63) is 30.1 Å². The minimum atomic E-state index is -0.237. The summed E-state index contributed by atoms with van der Waals surface area (Å²) in [6, 6.07) is 6.54. The maximum absolute atomic E-state index is 9.45. The van der Waals surface area contributed by atoms with Crippen LogP contribution in [-0.4, -0.2) is 4.98 Å². The molecule has 0 unspecified atom stereocenters. The van der Waals surface area contributed by atoms with Gasteiger partial charge in [0.15, 0.2) is 0 Å². The quantitative estimate of drug-likeness (QED) is 0.653. The summed E-state index contributed by atoms with van der Waals surface area (Å²) in [5.41, 5.74) is 0.918. The molecule has 0 aromatic carbocycles. The van der Waals surface area contributed by atoms with Gasteiger partial charge in [0.05, 0.1) is 11.5 Å². The van der Waals surface area contributed by atoms with E-state index in [0.717, 1.165) is 18.4 Å². The summed E-state index contributed by atoms with van der Waals surface area (Å²) in [7, 11) is 0. The van der Waals surface area contributed by atoms with Gasteiger partial charge in [0.25, 0.3) is 0 Å². The first kappa shape index (κ1) is 10.2. The van der Waals surface area contributed by atoms with Crippen LogP contribution in [0.15, 0.2) is 24.5 Å². The van der Waals surface area contributed by atoms with Crippen molar-refractivity contribution in [2.24, 2.45) is 0 Å². The Morgan fingerprint density at radius 1 is 1.07 bits per heavy atom. The van der Waals surface area contributed by atoms with E-state index in [2.05, 4.69) is 11.1 Å². The van der Waals surface area contributed by atoms with Gasteiger partial charge in [-0.25, -0.2) is 0 Å². The highest BCUT2D eigenvalue weighted by molar-refractivity contribution is 5.30. The predicted octanol–water partition coefficient (Wildman–Crippen LogP) is 3.20. The van der Waals surface area contributed by atoms with Crippen LogP contribution < -0.4 is 0 Å². The summed E-state index contributed by atoms with van der Waals surface area (Å²) in [6.07, 6.45) is 10.5. The van der Waals surface area contributed by atoms with Crippen LogP contribution in [-0.2, 0) is 5.41 Å². The van der Waals surface area contributed by atoms with E-state index in [1.165, 1.54) is 25.7 Å². The van der Waals surface area contributed by atoms with Gasteiger partial charge in [-0.05, 0) is 30.5 Å². The number of nitriles is 1. The molecule has 0 aliphatic heterocycles. The maximum atomic E-state index is 9.45. The van der Waals surface area contributed by atoms with E-state index >= 15 is 0 Å². The second-order valence-electron chi connectivity index (χ2n) is 4.34. The van der Waals surface area contributed by atoms with Crippen molar-refractivity contribution in [2.45, 2.75) is 43.9 Å². The molecule has 1 aliphatic rings. The van der Waals surface area contributed by atoms with E-state index in [4.69, 9.17) is 0 Å². The highest BCUT2D eigenvalue weighted by Crippen LogP contribution is 2.37. The van der Waals surface area contributed by atoms with Crippen LogP contribution in [0.1, 0.15) is 44.1 Å². The molecule has 1 fully saturated rings. The molecule has 2 rings (SSSR count). The molecule has 2 nitrogen and oxygen atoms in total. The zero-order chi connectivity index (χ0) is 10.6. The van der Waals surface area contributed by atoms with Crippen molar-refractivity contribution in [2.75, 3.05) is 0 Å². The molecule has 1 aromatic rings. The van der Waals surface area contributed by atoms with Gasteiger partial charge >= 0.3 is 0 Å². The van der Waals surface area contributed by atoms with Crippen LogP contribution >= 0.6 is 0 Å². The van der Waals surface area contributed by atoms with E-state index in [1.54, 1.807) is 12.4 Å². The lowest BCUT2D eigenvalue weighted by atomic mass is 9.76. The molecule has 2 heteroatoms. The van der Waals surface area contributed by atoms with Crippen molar-refractivity contribution in [3.63, 3.8) is 0 Å². The highest BCUT2D eigenvalue weighted by Gasteiger charge is 2.32. The third-order valence-corrected chi connectivity index (χ3v) is 3.40. The summed E-state index contributed by atoms with van der Waals surface area (Å²) in [6.45, 7) is 0.